The number of hydrogen-bond donors (Lipinski definition) is 3. The van der Waals surface area contributed by atoms with E-state index in [1.54, 1.807) is 38.3 Å². The lowest BCUT2D eigenvalue weighted by molar-refractivity contribution is -0.126. The summed E-state index contributed by atoms with van der Waals surface area (Å²) in [6, 6.07) is 18.7. The minimum Gasteiger partial charge on any atom is -0.497 e. The fourth-order valence-electron chi connectivity index (χ4n) is 3.87. The maximum absolute atomic E-state index is 13.9. The number of hydrogen-bond acceptors (Lipinski definition) is 8. The van der Waals surface area contributed by atoms with Crippen molar-refractivity contribution < 1.29 is 23.5 Å². The van der Waals surface area contributed by atoms with Gasteiger partial charge in [0.1, 0.15) is 22.1 Å². The van der Waals surface area contributed by atoms with Gasteiger partial charge in [0.05, 0.1) is 12.8 Å². The van der Waals surface area contributed by atoms with Crippen LogP contribution >= 0.6 is 11.5 Å². The van der Waals surface area contributed by atoms with E-state index in [1.165, 1.54) is 4.90 Å². The van der Waals surface area contributed by atoms with Gasteiger partial charge in [0, 0.05) is 13.1 Å². The molecule has 38 heavy (non-hydrogen) atoms. The number of nitrogens with one attached hydrogen (secondary N) is 1. The molecule has 0 radical (unpaired) electrons. The first-order chi connectivity index (χ1) is 18.3. The van der Waals surface area contributed by atoms with Crippen molar-refractivity contribution in [2.45, 2.75) is 26.1 Å². The zero-order valence-electron chi connectivity index (χ0n) is 20.8. The molecular formula is C27H27N5O5S. The molecule has 5 N–H and O–H groups in total. The highest BCUT2D eigenvalue weighted by molar-refractivity contribution is 7.09. The zero-order valence-corrected chi connectivity index (χ0v) is 21.7. The number of aromatic nitrogens is 1. The summed E-state index contributed by atoms with van der Waals surface area (Å²) in [6.07, 6.45) is 0. The third-order valence-corrected chi connectivity index (χ3v) is 6.68. The van der Waals surface area contributed by atoms with E-state index in [-0.39, 0.29) is 35.1 Å². The average Bonchev–Trinajstić information content (AvgIpc) is 3.52. The molecule has 0 aliphatic heterocycles. The molecule has 196 valence electrons. The summed E-state index contributed by atoms with van der Waals surface area (Å²) in [7, 11) is 1.58. The lowest BCUT2D eigenvalue weighted by Gasteiger charge is -2.29. The zero-order chi connectivity index (χ0) is 27.2. The van der Waals surface area contributed by atoms with Crippen molar-refractivity contribution in [3.8, 4) is 5.75 Å². The second kappa shape index (κ2) is 11.6. The van der Waals surface area contributed by atoms with Crippen molar-refractivity contribution in [1.82, 2.24) is 14.6 Å². The number of carbonyl (C=O) groups is 3. The van der Waals surface area contributed by atoms with E-state index >= 15 is 0 Å². The first-order valence-electron chi connectivity index (χ1n) is 11.6. The molecule has 2 heterocycles. The number of ether oxygens (including phenoxy) is 1. The number of nitrogen functional groups attached to an aromatic ring is 1. The lowest BCUT2D eigenvalue weighted by Crippen LogP contribution is -2.43. The molecule has 0 aliphatic rings. The minimum absolute atomic E-state index is 0.00552. The monoisotopic (exact) mass is 533 g/mol. The normalized spacial score (nSPS) is 11.5. The second-order valence-electron chi connectivity index (χ2n) is 8.47. The topological polar surface area (TPSA) is 154 Å². The highest BCUT2D eigenvalue weighted by Crippen LogP contribution is 2.31. The van der Waals surface area contributed by atoms with E-state index < -0.39 is 23.8 Å². The van der Waals surface area contributed by atoms with Gasteiger partial charge in [-0.3, -0.25) is 14.4 Å². The van der Waals surface area contributed by atoms with Gasteiger partial charge in [-0.1, -0.05) is 42.5 Å². The van der Waals surface area contributed by atoms with Crippen molar-refractivity contribution in [1.29, 1.82) is 0 Å². The van der Waals surface area contributed by atoms with Crippen LogP contribution in [0.4, 0.5) is 5.69 Å². The number of aryl methyl sites for hydroxylation is 1. The van der Waals surface area contributed by atoms with Crippen LogP contribution < -0.4 is 21.5 Å². The van der Waals surface area contributed by atoms with Crippen molar-refractivity contribution in [2.24, 2.45) is 5.73 Å². The molecule has 1 atom stereocenters. The Morgan fingerprint density at radius 2 is 1.76 bits per heavy atom. The molecule has 1 unspecified atom stereocenters. The van der Waals surface area contributed by atoms with Gasteiger partial charge < -0.3 is 30.8 Å². The van der Waals surface area contributed by atoms with Gasteiger partial charge in [0.2, 0.25) is 0 Å². The molecule has 0 aliphatic carbocycles. The standard InChI is InChI=1S/C27H27N5O5S/c1-16-8-13-20(37-16)23(26(34)30-14-17-9-11-19(36-2)12-10-17)32(15-18-6-4-3-5-7-18)27(35)24-21(28)22(25(29)33)31-38-24/h3-13,23H,14-15,28H2,1-2H3,(H2,29,33)(H,30,34). The maximum atomic E-state index is 13.9. The molecule has 4 aromatic rings. The highest BCUT2D eigenvalue weighted by Gasteiger charge is 2.36. The van der Waals surface area contributed by atoms with Gasteiger partial charge in [-0.25, -0.2) is 0 Å². The number of methoxy groups -OCH3 is 1. The Morgan fingerprint density at radius 3 is 2.34 bits per heavy atom. The SMILES string of the molecule is COc1ccc(CNC(=O)C(c2ccc(C)o2)N(Cc2ccccc2)C(=O)c2snc(C(N)=O)c2N)cc1. The van der Waals surface area contributed by atoms with E-state index in [4.69, 9.17) is 20.6 Å². The van der Waals surface area contributed by atoms with Crippen LogP contribution in [0.15, 0.2) is 71.1 Å². The molecule has 0 saturated carbocycles. The van der Waals surface area contributed by atoms with Crippen LogP contribution in [0.3, 0.4) is 0 Å². The predicted octanol–water partition coefficient (Wildman–Crippen LogP) is 3.43. The van der Waals surface area contributed by atoms with E-state index in [2.05, 4.69) is 9.69 Å². The van der Waals surface area contributed by atoms with Crippen molar-refractivity contribution in [3.63, 3.8) is 0 Å². The van der Waals surface area contributed by atoms with Gasteiger partial charge >= 0.3 is 0 Å². The van der Waals surface area contributed by atoms with E-state index in [0.29, 0.717) is 11.5 Å². The third kappa shape index (κ3) is 5.84. The molecular weight excluding hydrogens is 506 g/mol. The predicted molar refractivity (Wildman–Crippen MR) is 142 cm³/mol. The van der Waals surface area contributed by atoms with Crippen LogP contribution in [0.2, 0.25) is 0 Å². The molecule has 3 amide bonds. The fraction of sp³-hybridized carbons (Fsp3) is 0.185. The summed E-state index contributed by atoms with van der Waals surface area (Å²) in [5, 5.41) is 2.90. The molecule has 0 saturated heterocycles. The lowest BCUT2D eigenvalue weighted by atomic mass is 10.1. The van der Waals surface area contributed by atoms with Gasteiger partial charge in [0.25, 0.3) is 17.7 Å². The van der Waals surface area contributed by atoms with Gasteiger partial charge in [-0.2, -0.15) is 4.37 Å². The number of anilines is 1. The summed E-state index contributed by atoms with van der Waals surface area (Å²) in [6.45, 7) is 2.02. The van der Waals surface area contributed by atoms with Crippen LogP contribution in [0.25, 0.3) is 0 Å². The molecule has 0 spiro atoms. The van der Waals surface area contributed by atoms with Crippen LogP contribution in [0, 0.1) is 6.92 Å². The van der Waals surface area contributed by atoms with Gasteiger partial charge in [-0.15, -0.1) is 0 Å². The summed E-state index contributed by atoms with van der Waals surface area (Å²) in [4.78, 5) is 40.7. The Bertz CT molecular complexity index is 1430. The minimum atomic E-state index is -1.15. The third-order valence-electron chi connectivity index (χ3n) is 5.83. The van der Waals surface area contributed by atoms with Crippen LogP contribution in [-0.4, -0.2) is 34.1 Å². The Kier molecular flexibility index (Phi) is 8.07. The molecule has 2 aromatic carbocycles. The first kappa shape index (κ1) is 26.4. The maximum Gasteiger partial charge on any atom is 0.270 e. The molecule has 11 heteroatoms. The number of amides is 3. The Hall–Kier alpha value is -4.64. The van der Waals surface area contributed by atoms with Gasteiger partial charge in [-0.05, 0) is 53.8 Å². The molecule has 0 fully saturated rings. The first-order valence-corrected chi connectivity index (χ1v) is 12.4. The summed E-state index contributed by atoms with van der Waals surface area (Å²) in [5.41, 5.74) is 12.7. The largest absolute Gasteiger partial charge is 0.497 e. The smallest absolute Gasteiger partial charge is 0.270 e. The van der Waals surface area contributed by atoms with E-state index in [9.17, 15) is 14.4 Å². The van der Waals surface area contributed by atoms with Crippen molar-refractivity contribution >= 4 is 34.9 Å². The average molecular weight is 534 g/mol. The number of benzene rings is 2. The second-order valence-corrected chi connectivity index (χ2v) is 9.25. The quantitative estimate of drug-likeness (QED) is 0.282. The number of primary amides is 1. The number of rotatable bonds is 10. The van der Waals surface area contributed by atoms with Crippen LogP contribution in [0.1, 0.15) is 48.8 Å². The van der Waals surface area contributed by atoms with Crippen LogP contribution in [-0.2, 0) is 17.9 Å². The Morgan fingerprint density at radius 1 is 1.05 bits per heavy atom. The molecule has 0 bridgehead atoms. The summed E-state index contributed by atoms with van der Waals surface area (Å²) in [5.74, 6) is -0.345. The molecule has 4 rings (SSSR count). The number of nitrogens with zero attached hydrogens (tertiary/aromatic N) is 2. The van der Waals surface area contributed by atoms with Crippen LogP contribution in [0.5, 0.6) is 5.75 Å². The number of carbonyl (C=O) groups excluding carboxylic acids is 3. The summed E-state index contributed by atoms with van der Waals surface area (Å²) >= 11 is 0.753. The van der Waals surface area contributed by atoms with Gasteiger partial charge in [0.15, 0.2) is 11.7 Å². The van der Waals surface area contributed by atoms with Crippen molar-refractivity contribution in [3.05, 3.63) is 99.9 Å². The van der Waals surface area contributed by atoms with E-state index in [0.717, 1.165) is 22.7 Å². The summed E-state index contributed by atoms with van der Waals surface area (Å²) < 4.78 is 15.0. The number of furan rings is 1. The highest BCUT2D eigenvalue weighted by atomic mass is 32.1. The molecule has 2 aromatic heterocycles. The fourth-order valence-corrected chi connectivity index (χ4v) is 4.64. The van der Waals surface area contributed by atoms with E-state index in [1.807, 2.05) is 42.5 Å². The number of nitrogens with two attached hydrogens (primary N) is 2. The Balaban J connectivity index is 1.71. The Labute approximate surface area is 223 Å². The molecule has 10 nitrogen and oxygen atoms in total. The van der Waals surface area contributed by atoms with Crippen molar-refractivity contribution in [2.75, 3.05) is 12.8 Å².